The molecule has 2 atom stereocenters. The molecule has 0 bridgehead atoms. The number of benzene rings is 1. The molecule has 2 aliphatic rings. The van der Waals surface area contributed by atoms with Gasteiger partial charge in [0.05, 0.1) is 5.92 Å². The Morgan fingerprint density at radius 3 is 2.63 bits per heavy atom. The van der Waals surface area contributed by atoms with Crippen LogP contribution in [0.1, 0.15) is 49.9 Å². The number of H-pyrrole nitrogens is 1. The molecule has 3 aromatic rings. The number of hydrogen-bond acceptors (Lipinski definition) is 4. The molecular formula is C24H29N5O. The summed E-state index contributed by atoms with van der Waals surface area (Å²) in [5.74, 6) is 2.47. The molecule has 2 fully saturated rings. The van der Waals surface area contributed by atoms with Gasteiger partial charge in [0.2, 0.25) is 5.91 Å². The number of imidazole rings is 1. The molecule has 2 saturated heterocycles. The van der Waals surface area contributed by atoms with Gasteiger partial charge in [0.15, 0.2) is 5.65 Å². The second kappa shape index (κ2) is 8.09. The first-order valence-corrected chi connectivity index (χ1v) is 11.1. The number of piperidine rings is 1. The maximum atomic E-state index is 12.9. The fraction of sp³-hybridized carbons (Fsp3) is 0.458. The van der Waals surface area contributed by atoms with Crippen LogP contribution < -0.4 is 4.90 Å². The van der Waals surface area contributed by atoms with Gasteiger partial charge in [-0.15, -0.1) is 0 Å². The number of aromatic nitrogens is 3. The highest BCUT2D eigenvalue weighted by atomic mass is 16.2. The molecule has 2 aromatic heterocycles. The van der Waals surface area contributed by atoms with E-state index in [4.69, 9.17) is 9.97 Å². The lowest BCUT2D eigenvalue weighted by atomic mass is 9.96. The van der Waals surface area contributed by atoms with Crippen molar-refractivity contribution in [3.8, 4) is 0 Å². The Hall–Kier alpha value is -2.89. The summed E-state index contributed by atoms with van der Waals surface area (Å²) < 4.78 is 0. The number of likely N-dealkylation sites (tertiary alicyclic amines) is 1. The Morgan fingerprint density at radius 2 is 1.83 bits per heavy atom. The average molecular weight is 404 g/mol. The Labute approximate surface area is 177 Å². The van der Waals surface area contributed by atoms with Gasteiger partial charge >= 0.3 is 0 Å². The first kappa shape index (κ1) is 19.1. The second-order valence-electron chi connectivity index (χ2n) is 8.61. The molecule has 0 aliphatic carbocycles. The minimum absolute atomic E-state index is 0.0878. The van der Waals surface area contributed by atoms with E-state index in [1.807, 2.05) is 18.2 Å². The summed E-state index contributed by atoms with van der Waals surface area (Å²) in [5, 5.41) is 0. The number of carbonyl (C=O) groups excluding carboxylic acids is 1. The molecule has 4 heterocycles. The number of carbonyl (C=O) groups is 1. The van der Waals surface area contributed by atoms with Gasteiger partial charge in [-0.3, -0.25) is 4.79 Å². The van der Waals surface area contributed by atoms with Gasteiger partial charge < -0.3 is 14.8 Å². The maximum Gasteiger partial charge on any atom is 0.227 e. The van der Waals surface area contributed by atoms with Crippen molar-refractivity contribution >= 4 is 22.9 Å². The summed E-state index contributed by atoms with van der Waals surface area (Å²) in [4.78, 5) is 30.3. The zero-order chi connectivity index (χ0) is 20.5. The van der Waals surface area contributed by atoms with Crippen LogP contribution in [0.4, 0.5) is 5.82 Å². The quantitative estimate of drug-likeness (QED) is 0.716. The summed E-state index contributed by atoms with van der Waals surface area (Å²) in [6.07, 6.45) is 4.30. The van der Waals surface area contributed by atoms with Crippen molar-refractivity contribution in [2.24, 2.45) is 5.92 Å². The summed E-state index contributed by atoms with van der Waals surface area (Å²) in [7, 11) is 0. The third kappa shape index (κ3) is 3.66. The number of aromatic amines is 1. The lowest BCUT2D eigenvalue weighted by Gasteiger charge is -2.34. The first-order chi connectivity index (χ1) is 14.7. The third-order valence-corrected chi connectivity index (χ3v) is 6.57. The lowest BCUT2D eigenvalue weighted by Crippen LogP contribution is -2.44. The van der Waals surface area contributed by atoms with E-state index in [0.717, 1.165) is 74.7 Å². The number of nitrogens with zero attached hydrogens (tertiary/aromatic N) is 4. The lowest BCUT2D eigenvalue weighted by molar-refractivity contribution is -0.134. The number of rotatable bonds is 4. The normalized spacial score (nSPS) is 20.6. The molecule has 5 rings (SSSR count). The van der Waals surface area contributed by atoms with Crippen LogP contribution in [0.5, 0.6) is 0 Å². The number of fused-ring (bicyclic) bond motifs is 1. The van der Waals surface area contributed by atoms with Crippen molar-refractivity contribution < 1.29 is 4.79 Å². The van der Waals surface area contributed by atoms with Crippen LogP contribution in [0.2, 0.25) is 0 Å². The van der Waals surface area contributed by atoms with E-state index in [1.54, 1.807) is 0 Å². The molecule has 0 radical (unpaired) electrons. The SMILES string of the molecule is CC(c1ccccc1)c1nc2ccc(N3CCC[C@@H](C(=O)N4CCCC4)C3)nc2[nH]1. The fourth-order valence-electron chi connectivity index (χ4n) is 4.77. The highest BCUT2D eigenvalue weighted by Crippen LogP contribution is 2.27. The van der Waals surface area contributed by atoms with Crippen molar-refractivity contribution in [3.05, 3.63) is 53.9 Å². The smallest absolute Gasteiger partial charge is 0.227 e. The molecule has 2 aliphatic heterocycles. The molecule has 1 amide bonds. The average Bonchev–Trinajstić information content (AvgIpc) is 3.48. The van der Waals surface area contributed by atoms with E-state index in [0.29, 0.717) is 5.91 Å². The van der Waals surface area contributed by atoms with Crippen LogP contribution in [-0.4, -0.2) is 51.9 Å². The fourth-order valence-corrected chi connectivity index (χ4v) is 4.77. The molecule has 1 aromatic carbocycles. The molecule has 6 heteroatoms. The third-order valence-electron chi connectivity index (χ3n) is 6.57. The predicted molar refractivity (Wildman–Crippen MR) is 119 cm³/mol. The van der Waals surface area contributed by atoms with Gasteiger partial charge in [0.1, 0.15) is 17.2 Å². The summed E-state index contributed by atoms with van der Waals surface area (Å²) in [5.41, 5.74) is 2.94. The van der Waals surface area contributed by atoms with Crippen molar-refractivity contribution in [2.75, 3.05) is 31.1 Å². The Morgan fingerprint density at radius 1 is 1.03 bits per heavy atom. The van der Waals surface area contributed by atoms with E-state index in [1.165, 1.54) is 5.56 Å². The van der Waals surface area contributed by atoms with Gasteiger partial charge in [-0.25, -0.2) is 9.97 Å². The maximum absolute atomic E-state index is 12.9. The molecule has 6 nitrogen and oxygen atoms in total. The van der Waals surface area contributed by atoms with Crippen LogP contribution in [0, 0.1) is 5.92 Å². The van der Waals surface area contributed by atoms with Gasteiger partial charge in [0.25, 0.3) is 0 Å². The minimum atomic E-state index is 0.0878. The van der Waals surface area contributed by atoms with Crippen molar-refractivity contribution in [1.82, 2.24) is 19.9 Å². The monoisotopic (exact) mass is 403 g/mol. The summed E-state index contributed by atoms with van der Waals surface area (Å²) in [6.45, 7) is 5.72. The van der Waals surface area contributed by atoms with E-state index in [-0.39, 0.29) is 11.8 Å². The summed E-state index contributed by atoms with van der Waals surface area (Å²) >= 11 is 0. The van der Waals surface area contributed by atoms with Crippen molar-refractivity contribution in [3.63, 3.8) is 0 Å². The Balaban J connectivity index is 1.35. The number of hydrogen-bond donors (Lipinski definition) is 1. The van der Waals surface area contributed by atoms with Crippen LogP contribution in [0.3, 0.4) is 0 Å². The van der Waals surface area contributed by atoms with Gasteiger partial charge in [0, 0.05) is 32.1 Å². The van der Waals surface area contributed by atoms with Crippen molar-refractivity contribution in [2.45, 2.75) is 38.5 Å². The van der Waals surface area contributed by atoms with Gasteiger partial charge in [-0.1, -0.05) is 37.3 Å². The summed E-state index contributed by atoms with van der Waals surface area (Å²) in [6, 6.07) is 14.5. The zero-order valence-electron chi connectivity index (χ0n) is 17.6. The van der Waals surface area contributed by atoms with E-state index in [9.17, 15) is 4.79 Å². The highest BCUT2D eigenvalue weighted by Gasteiger charge is 2.31. The van der Waals surface area contributed by atoms with Crippen LogP contribution >= 0.6 is 0 Å². The predicted octanol–water partition coefficient (Wildman–Crippen LogP) is 3.95. The second-order valence-corrected chi connectivity index (χ2v) is 8.61. The van der Waals surface area contributed by atoms with Crippen molar-refractivity contribution in [1.29, 1.82) is 0 Å². The molecule has 156 valence electrons. The number of amides is 1. The largest absolute Gasteiger partial charge is 0.356 e. The van der Waals surface area contributed by atoms with Crippen LogP contribution in [0.15, 0.2) is 42.5 Å². The molecule has 0 spiro atoms. The standard InChI is InChI=1S/C24H29N5O/c1-17(18-8-3-2-4-9-18)22-25-20-11-12-21(26-23(20)27-22)29-15-7-10-19(16-29)24(30)28-13-5-6-14-28/h2-4,8-9,11-12,17,19H,5-7,10,13-16H2,1H3,(H,25,26,27)/t17?,19-/m1/s1. The van der Waals surface area contributed by atoms with Crippen LogP contribution in [0.25, 0.3) is 11.2 Å². The first-order valence-electron chi connectivity index (χ1n) is 11.1. The molecule has 1 N–H and O–H groups in total. The van der Waals surface area contributed by atoms with Crippen LogP contribution in [-0.2, 0) is 4.79 Å². The number of pyridine rings is 1. The zero-order valence-corrected chi connectivity index (χ0v) is 17.6. The number of anilines is 1. The Kier molecular flexibility index (Phi) is 5.15. The topological polar surface area (TPSA) is 65.1 Å². The highest BCUT2D eigenvalue weighted by molar-refractivity contribution is 5.80. The van der Waals surface area contributed by atoms with Gasteiger partial charge in [-0.2, -0.15) is 0 Å². The molecular weight excluding hydrogens is 374 g/mol. The Bertz CT molecular complexity index is 1020. The number of nitrogens with one attached hydrogen (secondary N) is 1. The molecule has 1 unspecified atom stereocenters. The van der Waals surface area contributed by atoms with E-state index < -0.39 is 0 Å². The minimum Gasteiger partial charge on any atom is -0.356 e. The van der Waals surface area contributed by atoms with E-state index in [2.05, 4.69) is 46.0 Å². The van der Waals surface area contributed by atoms with E-state index >= 15 is 0 Å². The van der Waals surface area contributed by atoms with Gasteiger partial charge in [-0.05, 0) is 43.4 Å². The molecule has 30 heavy (non-hydrogen) atoms. The molecule has 0 saturated carbocycles.